The average Bonchev–Trinajstić information content (AvgIpc) is 3.18. The number of rotatable bonds is 9. The van der Waals surface area contributed by atoms with E-state index in [-0.39, 0.29) is 12.3 Å². The van der Waals surface area contributed by atoms with Crippen molar-refractivity contribution >= 4 is 40.4 Å². The smallest absolute Gasteiger partial charge is 0.283 e. The number of carbonyl (C=O) groups is 2. The van der Waals surface area contributed by atoms with E-state index in [0.29, 0.717) is 52.1 Å². The fourth-order valence-corrected chi connectivity index (χ4v) is 4.16. The third-order valence-corrected chi connectivity index (χ3v) is 5.93. The van der Waals surface area contributed by atoms with E-state index in [1.807, 2.05) is 9.95 Å². The van der Waals surface area contributed by atoms with Gasteiger partial charge in [0.2, 0.25) is 5.91 Å². The van der Waals surface area contributed by atoms with Crippen LogP contribution < -0.4 is 25.3 Å². The Morgan fingerprint density at radius 3 is 2.58 bits per heavy atom. The number of methoxy groups -OCH3 is 2. The standard InChI is InChI=1S/C23H25ClN4O4S/c1-31-18-8-9-19(20(13-18)32-2)22(30)27-23-28(11-3-10-25)17(14-33-23)12-21(29)26-16-6-4-15(24)5-7-16/h4-9,13-14H,3,10-12,25H2,1-2H3,(H,26,29). The van der Waals surface area contributed by atoms with Crippen molar-refractivity contribution in [1.82, 2.24) is 4.57 Å². The van der Waals surface area contributed by atoms with Crippen LogP contribution in [-0.4, -0.2) is 37.1 Å². The summed E-state index contributed by atoms with van der Waals surface area (Å²) in [5.74, 6) is 0.309. The average molecular weight is 489 g/mol. The van der Waals surface area contributed by atoms with Gasteiger partial charge in [0.15, 0.2) is 4.80 Å². The quantitative estimate of drug-likeness (QED) is 0.479. The minimum Gasteiger partial charge on any atom is -0.497 e. The highest BCUT2D eigenvalue weighted by Crippen LogP contribution is 2.25. The second kappa shape index (κ2) is 11.6. The molecule has 10 heteroatoms. The van der Waals surface area contributed by atoms with Crippen molar-refractivity contribution in [2.24, 2.45) is 10.7 Å². The van der Waals surface area contributed by atoms with E-state index in [4.69, 9.17) is 26.8 Å². The highest BCUT2D eigenvalue weighted by atomic mass is 35.5. The van der Waals surface area contributed by atoms with Crippen LogP contribution in [0.5, 0.6) is 11.5 Å². The second-order valence-electron chi connectivity index (χ2n) is 7.02. The molecule has 3 aromatic rings. The van der Waals surface area contributed by atoms with Crippen LogP contribution in [0.25, 0.3) is 0 Å². The maximum atomic E-state index is 12.9. The lowest BCUT2D eigenvalue weighted by molar-refractivity contribution is -0.115. The van der Waals surface area contributed by atoms with Gasteiger partial charge in [-0.2, -0.15) is 4.99 Å². The number of hydrogen-bond donors (Lipinski definition) is 2. The zero-order valence-electron chi connectivity index (χ0n) is 18.3. The molecule has 0 fully saturated rings. The Labute approximate surface area is 200 Å². The third kappa shape index (κ3) is 6.44. The number of amides is 2. The summed E-state index contributed by atoms with van der Waals surface area (Å²) in [4.78, 5) is 30.3. The van der Waals surface area contributed by atoms with Gasteiger partial charge in [0.05, 0.1) is 26.2 Å². The van der Waals surface area contributed by atoms with Gasteiger partial charge in [-0.25, -0.2) is 0 Å². The van der Waals surface area contributed by atoms with Gasteiger partial charge < -0.3 is 25.1 Å². The van der Waals surface area contributed by atoms with E-state index in [0.717, 1.165) is 5.69 Å². The number of anilines is 1. The second-order valence-corrected chi connectivity index (χ2v) is 8.29. The number of nitrogens with one attached hydrogen (secondary N) is 1. The molecule has 174 valence electrons. The van der Waals surface area contributed by atoms with Crippen molar-refractivity contribution in [3.8, 4) is 11.5 Å². The zero-order chi connectivity index (χ0) is 23.8. The SMILES string of the molecule is COc1ccc(C(=O)N=c2scc(CC(=O)Nc3ccc(Cl)cc3)n2CCCN)c(OC)c1. The maximum Gasteiger partial charge on any atom is 0.283 e. The van der Waals surface area contributed by atoms with E-state index >= 15 is 0 Å². The summed E-state index contributed by atoms with van der Waals surface area (Å²) in [6.45, 7) is 1.01. The van der Waals surface area contributed by atoms with E-state index in [9.17, 15) is 9.59 Å². The van der Waals surface area contributed by atoms with Crippen molar-refractivity contribution in [2.45, 2.75) is 19.4 Å². The Morgan fingerprint density at radius 2 is 1.91 bits per heavy atom. The molecule has 0 saturated carbocycles. The molecule has 0 atom stereocenters. The lowest BCUT2D eigenvalue weighted by Gasteiger charge is -2.10. The molecule has 0 saturated heterocycles. The molecular formula is C23H25ClN4O4S. The Kier molecular flexibility index (Phi) is 8.65. The van der Waals surface area contributed by atoms with Gasteiger partial charge in [-0.1, -0.05) is 11.6 Å². The van der Waals surface area contributed by atoms with E-state index in [2.05, 4.69) is 10.3 Å². The maximum absolute atomic E-state index is 12.9. The molecule has 1 aromatic heterocycles. The molecule has 3 N–H and O–H groups in total. The fourth-order valence-electron chi connectivity index (χ4n) is 3.11. The van der Waals surface area contributed by atoms with Crippen LogP contribution in [0.15, 0.2) is 52.8 Å². The molecule has 0 bridgehead atoms. The predicted octanol–water partition coefficient (Wildman–Crippen LogP) is 3.49. The number of hydrogen-bond acceptors (Lipinski definition) is 6. The third-order valence-electron chi connectivity index (χ3n) is 4.77. The molecule has 0 spiro atoms. The lowest BCUT2D eigenvalue weighted by atomic mass is 10.2. The first-order valence-electron chi connectivity index (χ1n) is 10.2. The van der Waals surface area contributed by atoms with E-state index in [1.165, 1.54) is 25.6 Å². The number of nitrogens with two attached hydrogens (primary N) is 1. The Balaban J connectivity index is 1.86. The van der Waals surface area contributed by atoms with E-state index in [1.54, 1.807) is 42.5 Å². The molecule has 0 radical (unpaired) electrons. The summed E-state index contributed by atoms with van der Waals surface area (Å²) in [7, 11) is 3.02. The molecule has 8 nitrogen and oxygen atoms in total. The van der Waals surface area contributed by atoms with Crippen molar-refractivity contribution < 1.29 is 19.1 Å². The molecular weight excluding hydrogens is 464 g/mol. The normalized spacial score (nSPS) is 11.3. The number of nitrogens with zero attached hydrogens (tertiary/aromatic N) is 2. The summed E-state index contributed by atoms with van der Waals surface area (Å²) >= 11 is 7.19. The minimum atomic E-state index is -0.449. The first-order chi connectivity index (χ1) is 15.9. The first-order valence-corrected chi connectivity index (χ1v) is 11.4. The summed E-state index contributed by atoms with van der Waals surface area (Å²) in [6.07, 6.45) is 0.801. The van der Waals surface area contributed by atoms with Gasteiger partial charge in [-0.3, -0.25) is 9.59 Å². The molecule has 1 heterocycles. The number of benzene rings is 2. The molecule has 33 heavy (non-hydrogen) atoms. The topological polar surface area (TPSA) is 108 Å². The molecule has 0 aliphatic heterocycles. The predicted molar refractivity (Wildman–Crippen MR) is 129 cm³/mol. The molecule has 2 aromatic carbocycles. The number of thiazole rings is 1. The van der Waals surface area contributed by atoms with Gasteiger partial charge in [-0.15, -0.1) is 11.3 Å². The Bertz CT molecular complexity index is 1190. The van der Waals surface area contributed by atoms with Crippen LogP contribution in [0.2, 0.25) is 5.02 Å². The van der Waals surface area contributed by atoms with Crippen molar-refractivity contribution in [3.63, 3.8) is 0 Å². The van der Waals surface area contributed by atoms with Gasteiger partial charge >= 0.3 is 0 Å². The van der Waals surface area contributed by atoms with Crippen molar-refractivity contribution in [3.05, 3.63) is 68.9 Å². The molecule has 3 rings (SSSR count). The van der Waals surface area contributed by atoms with Gasteiger partial charge in [0, 0.05) is 34.4 Å². The van der Waals surface area contributed by atoms with Crippen LogP contribution in [0.3, 0.4) is 0 Å². The van der Waals surface area contributed by atoms with Crippen LogP contribution in [0.1, 0.15) is 22.5 Å². The summed E-state index contributed by atoms with van der Waals surface area (Å²) in [5.41, 5.74) is 7.41. The van der Waals surface area contributed by atoms with Crippen molar-refractivity contribution in [1.29, 1.82) is 0 Å². The van der Waals surface area contributed by atoms with Crippen molar-refractivity contribution in [2.75, 3.05) is 26.1 Å². The first kappa shape index (κ1) is 24.5. The van der Waals surface area contributed by atoms with Crippen LogP contribution in [0.4, 0.5) is 5.69 Å². The number of halogens is 1. The van der Waals surface area contributed by atoms with Crippen LogP contribution in [-0.2, 0) is 17.8 Å². The Hall–Kier alpha value is -3.14. The summed E-state index contributed by atoms with van der Waals surface area (Å²) in [5, 5.41) is 5.27. The summed E-state index contributed by atoms with van der Waals surface area (Å²) < 4.78 is 12.4. The lowest BCUT2D eigenvalue weighted by Crippen LogP contribution is -2.24. The highest BCUT2D eigenvalue weighted by molar-refractivity contribution is 7.07. The van der Waals surface area contributed by atoms with Gasteiger partial charge in [0.25, 0.3) is 5.91 Å². The summed E-state index contributed by atoms with van der Waals surface area (Å²) in [6, 6.07) is 11.8. The number of aromatic nitrogens is 1. The Morgan fingerprint density at radius 1 is 1.15 bits per heavy atom. The fraction of sp³-hybridized carbons (Fsp3) is 0.261. The monoisotopic (exact) mass is 488 g/mol. The largest absolute Gasteiger partial charge is 0.497 e. The zero-order valence-corrected chi connectivity index (χ0v) is 19.9. The van der Waals surface area contributed by atoms with Crippen LogP contribution >= 0.6 is 22.9 Å². The van der Waals surface area contributed by atoms with Gasteiger partial charge in [-0.05, 0) is 49.4 Å². The number of carbonyl (C=O) groups excluding carboxylic acids is 2. The molecule has 0 aliphatic carbocycles. The number of ether oxygens (including phenoxy) is 2. The van der Waals surface area contributed by atoms with Gasteiger partial charge in [0.1, 0.15) is 11.5 Å². The molecule has 0 aliphatic rings. The molecule has 2 amide bonds. The molecule has 0 unspecified atom stereocenters. The minimum absolute atomic E-state index is 0.124. The van der Waals surface area contributed by atoms with Crippen LogP contribution in [0, 0.1) is 0 Å². The highest BCUT2D eigenvalue weighted by Gasteiger charge is 2.15. The van der Waals surface area contributed by atoms with E-state index < -0.39 is 5.91 Å².